The molecule has 0 radical (unpaired) electrons. The molecule has 1 unspecified atom stereocenters. The van der Waals surface area contributed by atoms with Crippen molar-refractivity contribution in [2.45, 2.75) is 13.1 Å². The van der Waals surface area contributed by atoms with Gasteiger partial charge in [0, 0.05) is 6.16 Å². The van der Waals surface area contributed by atoms with Gasteiger partial charge in [0.1, 0.15) is 7.60 Å². The molecule has 7 heteroatoms. The van der Waals surface area contributed by atoms with Crippen molar-refractivity contribution in [1.29, 1.82) is 0 Å². The first-order valence-electron chi connectivity index (χ1n) is 4.69. The monoisotopic (exact) mass is 279 g/mol. The van der Waals surface area contributed by atoms with Crippen molar-refractivity contribution >= 4 is 30.7 Å². The Morgan fingerprint density at radius 1 is 1.47 bits per heavy atom. The molecule has 1 aromatic carbocycles. The number of isothiocyanates is 1. The molecule has 0 fully saturated rings. The minimum absolute atomic E-state index is 0. The molecule has 0 bridgehead atoms. The summed E-state index contributed by atoms with van der Waals surface area (Å²) in [6, 6.07) is 6.71. The molecule has 1 aromatic rings. The first-order valence-corrected chi connectivity index (χ1v) is 6.82. The predicted octanol–water partition coefficient (Wildman–Crippen LogP) is -0.485. The van der Waals surface area contributed by atoms with Gasteiger partial charge in [0.25, 0.3) is 0 Å². The second kappa shape index (κ2) is 8.30. The summed E-state index contributed by atoms with van der Waals surface area (Å²) in [5.41, 5.74) is 1.31. The molecule has 0 spiro atoms. The second-order valence-electron chi connectivity index (χ2n) is 3.06. The van der Waals surface area contributed by atoms with Crippen LogP contribution in [0, 0.1) is 0 Å². The number of rotatable bonds is 5. The Morgan fingerprint density at radius 3 is 2.53 bits per heavy atom. The molecular formula is C10H11NNaO3PS. The van der Waals surface area contributed by atoms with Gasteiger partial charge < -0.3 is 14.0 Å². The van der Waals surface area contributed by atoms with Crippen LogP contribution >= 0.6 is 19.8 Å². The van der Waals surface area contributed by atoms with E-state index in [4.69, 9.17) is 0 Å². The Balaban J connectivity index is 0.00000256. The SMILES string of the molecule is CCOP(=O)([O-])Cc1ccc(N=C=S)cc1.[Na+]. The van der Waals surface area contributed by atoms with E-state index in [1.54, 1.807) is 31.2 Å². The van der Waals surface area contributed by atoms with E-state index in [9.17, 15) is 9.46 Å². The summed E-state index contributed by atoms with van der Waals surface area (Å²) in [5.74, 6) is 0. The zero-order valence-electron chi connectivity index (χ0n) is 9.75. The largest absolute Gasteiger partial charge is 1.00 e. The van der Waals surface area contributed by atoms with Crippen LogP contribution in [0.5, 0.6) is 0 Å². The molecule has 0 aliphatic rings. The second-order valence-corrected chi connectivity index (χ2v) is 5.04. The molecule has 0 amide bonds. The van der Waals surface area contributed by atoms with E-state index in [2.05, 4.69) is 26.9 Å². The molecule has 86 valence electrons. The summed E-state index contributed by atoms with van der Waals surface area (Å²) < 4.78 is 16.0. The quantitative estimate of drug-likeness (QED) is 0.316. The van der Waals surface area contributed by atoms with Crippen LogP contribution in [0.3, 0.4) is 0 Å². The third kappa shape index (κ3) is 6.61. The molecule has 0 saturated carbocycles. The van der Waals surface area contributed by atoms with Crippen molar-refractivity contribution in [2.75, 3.05) is 6.61 Å². The van der Waals surface area contributed by atoms with Gasteiger partial charge in [-0.2, -0.15) is 4.99 Å². The van der Waals surface area contributed by atoms with Gasteiger partial charge in [0.15, 0.2) is 0 Å². The molecule has 17 heavy (non-hydrogen) atoms. The molecule has 0 saturated heterocycles. The van der Waals surface area contributed by atoms with Gasteiger partial charge in [-0.05, 0) is 36.8 Å². The van der Waals surface area contributed by atoms with Crippen molar-refractivity contribution in [3.8, 4) is 0 Å². The van der Waals surface area contributed by atoms with Crippen LogP contribution in [-0.4, -0.2) is 11.8 Å². The molecule has 0 N–H and O–H groups in total. The normalized spacial score (nSPS) is 13.1. The number of thiocarbonyl (C=S) groups is 1. The minimum Gasteiger partial charge on any atom is -0.778 e. The average Bonchev–Trinajstić information content (AvgIpc) is 2.21. The van der Waals surface area contributed by atoms with E-state index in [-0.39, 0.29) is 42.3 Å². The van der Waals surface area contributed by atoms with E-state index >= 15 is 0 Å². The molecule has 1 rings (SSSR count). The van der Waals surface area contributed by atoms with E-state index in [1.807, 2.05) is 0 Å². The summed E-state index contributed by atoms with van der Waals surface area (Å²) in [6.45, 7) is 1.80. The fourth-order valence-corrected chi connectivity index (χ4v) is 2.44. The molecule has 0 aromatic heterocycles. The summed E-state index contributed by atoms with van der Waals surface area (Å²) in [5, 5.41) is 2.24. The zero-order chi connectivity index (χ0) is 12.0. The van der Waals surface area contributed by atoms with E-state index < -0.39 is 7.60 Å². The van der Waals surface area contributed by atoms with Gasteiger partial charge in [-0.1, -0.05) is 12.1 Å². The minimum atomic E-state index is -3.76. The maximum atomic E-state index is 11.4. The van der Waals surface area contributed by atoms with Gasteiger partial charge in [0.05, 0.1) is 17.5 Å². The molecule has 4 nitrogen and oxygen atoms in total. The topological polar surface area (TPSA) is 61.7 Å². The number of hydrogen-bond donors (Lipinski definition) is 0. The van der Waals surface area contributed by atoms with Crippen LogP contribution in [0.4, 0.5) is 5.69 Å². The van der Waals surface area contributed by atoms with E-state index in [1.165, 1.54) is 0 Å². The molecule has 0 aliphatic heterocycles. The van der Waals surface area contributed by atoms with Crippen molar-refractivity contribution in [3.63, 3.8) is 0 Å². The Labute approximate surface area is 128 Å². The van der Waals surface area contributed by atoms with Gasteiger partial charge in [-0.3, -0.25) is 0 Å². The van der Waals surface area contributed by atoms with Gasteiger partial charge in [-0.15, -0.1) is 0 Å². The molecule has 1 atom stereocenters. The predicted molar refractivity (Wildman–Crippen MR) is 64.1 cm³/mol. The number of aliphatic imine (C=N–C) groups is 1. The Bertz CT molecular complexity index is 445. The summed E-state index contributed by atoms with van der Waals surface area (Å²) >= 11 is 4.46. The summed E-state index contributed by atoms with van der Waals surface area (Å²) in [4.78, 5) is 15.1. The number of nitrogens with zero attached hydrogens (tertiary/aromatic N) is 1. The van der Waals surface area contributed by atoms with Gasteiger partial charge in [-0.25, -0.2) is 0 Å². The van der Waals surface area contributed by atoms with Gasteiger partial charge >= 0.3 is 29.6 Å². The van der Waals surface area contributed by atoms with Crippen molar-refractivity contribution in [2.24, 2.45) is 4.99 Å². The Morgan fingerprint density at radius 2 is 2.06 bits per heavy atom. The molecule has 0 aliphatic carbocycles. The van der Waals surface area contributed by atoms with Crippen LogP contribution in [-0.2, 0) is 15.3 Å². The van der Waals surface area contributed by atoms with E-state index in [0.29, 0.717) is 11.3 Å². The van der Waals surface area contributed by atoms with Crippen molar-refractivity contribution in [3.05, 3.63) is 29.8 Å². The third-order valence-corrected chi connectivity index (χ3v) is 3.31. The van der Waals surface area contributed by atoms with Crippen molar-refractivity contribution in [1.82, 2.24) is 0 Å². The first kappa shape index (κ1) is 17.2. The maximum Gasteiger partial charge on any atom is 1.00 e. The van der Waals surface area contributed by atoms with Crippen LogP contribution in [0.15, 0.2) is 29.3 Å². The average molecular weight is 279 g/mol. The fourth-order valence-electron chi connectivity index (χ4n) is 1.19. The number of benzene rings is 1. The summed E-state index contributed by atoms with van der Waals surface area (Å²) in [7, 11) is -3.76. The Kier molecular flexibility index (Phi) is 8.39. The maximum absolute atomic E-state index is 11.4. The van der Waals surface area contributed by atoms with Crippen LogP contribution in [0.2, 0.25) is 0 Å². The zero-order valence-corrected chi connectivity index (χ0v) is 13.5. The van der Waals surface area contributed by atoms with Crippen LogP contribution in [0.1, 0.15) is 12.5 Å². The van der Waals surface area contributed by atoms with Gasteiger partial charge in [0.2, 0.25) is 0 Å². The van der Waals surface area contributed by atoms with E-state index in [0.717, 1.165) is 0 Å². The Hall–Kier alpha value is 0.170. The smallest absolute Gasteiger partial charge is 0.778 e. The fraction of sp³-hybridized carbons (Fsp3) is 0.300. The van der Waals surface area contributed by atoms with Crippen LogP contribution < -0.4 is 34.5 Å². The van der Waals surface area contributed by atoms with Crippen LogP contribution in [0.25, 0.3) is 0 Å². The number of hydrogen-bond acceptors (Lipinski definition) is 5. The standard InChI is InChI=1S/C10H12NO3PS.Na/c1-2-14-15(12,13)7-9-3-5-10(6-4-9)11-8-16;/h3-6H,2,7H2,1H3,(H,12,13);/q;+1/p-1. The summed E-state index contributed by atoms with van der Waals surface area (Å²) in [6.07, 6.45) is -0.109. The molecule has 0 heterocycles. The first-order chi connectivity index (χ1) is 7.57. The third-order valence-electron chi connectivity index (χ3n) is 1.81. The molecular weight excluding hydrogens is 268 g/mol. The van der Waals surface area contributed by atoms with Crippen molar-refractivity contribution < 1.29 is 43.5 Å².